The zero-order valence-electron chi connectivity index (χ0n) is 11.8. The van der Waals surface area contributed by atoms with Gasteiger partial charge in [0.2, 0.25) is 5.91 Å². The van der Waals surface area contributed by atoms with Gasteiger partial charge < -0.3 is 10.4 Å². The minimum Gasteiger partial charge on any atom is -0.480 e. The normalized spacial score (nSPS) is 11.4. The fourth-order valence-electron chi connectivity index (χ4n) is 1.62. The number of amides is 1. The van der Waals surface area contributed by atoms with Crippen molar-refractivity contribution in [2.45, 2.75) is 26.3 Å². The quantitative estimate of drug-likeness (QED) is 0.876. The molecule has 20 heavy (non-hydrogen) atoms. The Kier molecular flexibility index (Phi) is 5.53. The number of halogens is 1. The maximum atomic E-state index is 12.0. The van der Waals surface area contributed by atoms with Crippen LogP contribution in [0.15, 0.2) is 24.3 Å². The van der Waals surface area contributed by atoms with Crippen LogP contribution >= 0.6 is 11.6 Å². The molecule has 2 N–H and O–H groups in total. The predicted octanol–water partition coefficient (Wildman–Crippen LogP) is 2.46. The summed E-state index contributed by atoms with van der Waals surface area (Å²) in [4.78, 5) is 24.4. The third-order valence-electron chi connectivity index (χ3n) is 2.76. The van der Waals surface area contributed by atoms with E-state index in [9.17, 15) is 9.59 Å². The van der Waals surface area contributed by atoms with E-state index in [1.54, 1.807) is 29.2 Å². The Morgan fingerprint density at radius 3 is 2.35 bits per heavy atom. The van der Waals surface area contributed by atoms with Crippen LogP contribution in [0.3, 0.4) is 0 Å². The summed E-state index contributed by atoms with van der Waals surface area (Å²) < 4.78 is 0. The van der Waals surface area contributed by atoms with Gasteiger partial charge >= 0.3 is 5.97 Å². The number of carbonyl (C=O) groups excluding carboxylic acids is 1. The minimum absolute atomic E-state index is 0.0129. The molecule has 0 aromatic heterocycles. The van der Waals surface area contributed by atoms with Crippen molar-refractivity contribution in [3.8, 4) is 0 Å². The fraction of sp³-hybridized carbons (Fsp3) is 0.429. The van der Waals surface area contributed by atoms with Crippen molar-refractivity contribution in [2.24, 2.45) is 0 Å². The van der Waals surface area contributed by atoms with E-state index in [1.165, 1.54) is 0 Å². The second-order valence-electron chi connectivity index (χ2n) is 5.45. The molecule has 0 bridgehead atoms. The van der Waals surface area contributed by atoms with E-state index < -0.39 is 11.5 Å². The van der Waals surface area contributed by atoms with Gasteiger partial charge in [-0.1, -0.05) is 23.7 Å². The van der Waals surface area contributed by atoms with Gasteiger partial charge in [-0.2, -0.15) is 0 Å². The molecule has 0 radical (unpaired) electrons. The molecule has 1 aromatic carbocycles. The first-order chi connectivity index (χ1) is 9.20. The molecule has 1 rings (SSSR count). The zero-order chi connectivity index (χ0) is 15.3. The molecule has 0 heterocycles. The smallest absolute Gasteiger partial charge is 0.317 e. The first-order valence-corrected chi connectivity index (χ1v) is 6.59. The Morgan fingerprint density at radius 1 is 1.25 bits per heavy atom. The summed E-state index contributed by atoms with van der Waals surface area (Å²) >= 11 is 5.96. The predicted molar refractivity (Wildman–Crippen MR) is 79.0 cm³/mol. The number of hydrogen-bond acceptors (Lipinski definition) is 3. The minimum atomic E-state index is -0.967. The largest absolute Gasteiger partial charge is 0.480 e. The van der Waals surface area contributed by atoms with Crippen LogP contribution < -0.4 is 5.32 Å². The summed E-state index contributed by atoms with van der Waals surface area (Å²) in [5.41, 5.74) is 0.0966. The number of nitrogens with zero attached hydrogens (tertiary/aromatic N) is 1. The average Bonchev–Trinajstić information content (AvgIpc) is 2.29. The van der Waals surface area contributed by atoms with Crippen molar-refractivity contribution in [1.82, 2.24) is 4.90 Å². The van der Waals surface area contributed by atoms with Crippen LogP contribution in [0.5, 0.6) is 0 Å². The molecule has 0 aliphatic heterocycles. The van der Waals surface area contributed by atoms with Crippen molar-refractivity contribution < 1.29 is 14.7 Å². The van der Waals surface area contributed by atoms with Crippen molar-refractivity contribution >= 4 is 29.2 Å². The summed E-state index contributed by atoms with van der Waals surface area (Å²) in [5, 5.41) is 12.0. The molecule has 1 aromatic rings. The van der Waals surface area contributed by atoms with Crippen molar-refractivity contribution in [3.63, 3.8) is 0 Å². The highest BCUT2D eigenvalue weighted by Crippen LogP contribution is 2.20. The highest BCUT2D eigenvalue weighted by molar-refractivity contribution is 6.33. The first kappa shape index (κ1) is 16.5. The van der Waals surface area contributed by atoms with Crippen LogP contribution in [0.4, 0.5) is 5.69 Å². The molecular weight excluding hydrogens is 280 g/mol. The number of carboxylic acid groups (broad SMARTS) is 1. The molecule has 0 atom stereocenters. The lowest BCUT2D eigenvalue weighted by Gasteiger charge is -2.33. The number of rotatable bonds is 5. The van der Waals surface area contributed by atoms with Crippen LogP contribution in [0.2, 0.25) is 5.02 Å². The Labute approximate surface area is 123 Å². The summed E-state index contributed by atoms with van der Waals surface area (Å²) in [6.07, 6.45) is 0. The van der Waals surface area contributed by atoms with Gasteiger partial charge in [0.05, 0.1) is 23.8 Å². The van der Waals surface area contributed by atoms with Crippen LogP contribution in [0.25, 0.3) is 0 Å². The van der Waals surface area contributed by atoms with Crippen LogP contribution in [-0.2, 0) is 9.59 Å². The summed E-state index contributed by atoms with van der Waals surface area (Å²) in [7, 11) is 0. The average molecular weight is 299 g/mol. The number of aliphatic carboxylic acids is 1. The zero-order valence-corrected chi connectivity index (χ0v) is 12.6. The molecule has 110 valence electrons. The number of nitrogens with one attached hydrogen (secondary N) is 1. The highest BCUT2D eigenvalue weighted by Gasteiger charge is 2.25. The molecule has 0 saturated heterocycles. The Bertz CT molecular complexity index is 497. The van der Waals surface area contributed by atoms with Crippen molar-refractivity contribution in [2.75, 3.05) is 18.4 Å². The van der Waals surface area contributed by atoms with Crippen molar-refractivity contribution in [1.29, 1.82) is 0 Å². The number of hydrogen-bond donors (Lipinski definition) is 2. The second-order valence-corrected chi connectivity index (χ2v) is 5.86. The van der Waals surface area contributed by atoms with Gasteiger partial charge in [-0.3, -0.25) is 14.5 Å². The van der Waals surface area contributed by atoms with Gasteiger partial charge in [0.15, 0.2) is 0 Å². The monoisotopic (exact) mass is 298 g/mol. The Balaban J connectivity index is 2.72. The first-order valence-electron chi connectivity index (χ1n) is 6.21. The highest BCUT2D eigenvalue weighted by atomic mass is 35.5. The number of benzene rings is 1. The van der Waals surface area contributed by atoms with E-state index in [4.69, 9.17) is 16.7 Å². The number of para-hydroxylation sites is 1. The van der Waals surface area contributed by atoms with Crippen LogP contribution in [-0.4, -0.2) is 40.5 Å². The third kappa shape index (κ3) is 5.19. The molecule has 5 nitrogen and oxygen atoms in total. The van der Waals surface area contributed by atoms with Gasteiger partial charge in [-0.05, 0) is 32.9 Å². The van der Waals surface area contributed by atoms with Crippen LogP contribution in [0.1, 0.15) is 20.8 Å². The lowest BCUT2D eigenvalue weighted by Crippen LogP contribution is -2.48. The summed E-state index contributed by atoms with van der Waals surface area (Å²) in [6.45, 7) is 5.37. The molecular formula is C14H19ClN2O3. The van der Waals surface area contributed by atoms with E-state index in [2.05, 4.69) is 5.32 Å². The van der Waals surface area contributed by atoms with E-state index in [0.29, 0.717) is 10.7 Å². The second kappa shape index (κ2) is 6.72. The lowest BCUT2D eigenvalue weighted by atomic mass is 10.1. The fourth-order valence-corrected chi connectivity index (χ4v) is 1.80. The molecule has 0 saturated carbocycles. The Hall–Kier alpha value is -1.59. The van der Waals surface area contributed by atoms with Crippen LogP contribution in [0, 0.1) is 0 Å². The topological polar surface area (TPSA) is 69.6 Å². The maximum absolute atomic E-state index is 12.0. The number of carboxylic acids is 1. The van der Waals surface area contributed by atoms with Gasteiger partial charge in [0, 0.05) is 5.54 Å². The van der Waals surface area contributed by atoms with Gasteiger partial charge in [0.1, 0.15) is 0 Å². The van der Waals surface area contributed by atoms with Gasteiger partial charge in [-0.15, -0.1) is 0 Å². The Morgan fingerprint density at radius 2 is 1.85 bits per heavy atom. The van der Waals surface area contributed by atoms with E-state index >= 15 is 0 Å². The van der Waals surface area contributed by atoms with Crippen molar-refractivity contribution in [3.05, 3.63) is 29.3 Å². The van der Waals surface area contributed by atoms with E-state index in [0.717, 1.165) is 0 Å². The number of anilines is 1. The van der Waals surface area contributed by atoms with E-state index in [-0.39, 0.29) is 19.0 Å². The standard InChI is InChI=1S/C14H19ClN2O3/c1-14(2,3)17(9-13(19)20)8-12(18)16-11-7-5-4-6-10(11)15/h4-7H,8-9H2,1-3H3,(H,16,18)(H,19,20). The number of carbonyl (C=O) groups is 2. The third-order valence-corrected chi connectivity index (χ3v) is 3.09. The molecule has 1 amide bonds. The van der Waals surface area contributed by atoms with Gasteiger partial charge in [-0.25, -0.2) is 0 Å². The van der Waals surface area contributed by atoms with Gasteiger partial charge in [0.25, 0.3) is 0 Å². The molecule has 0 fully saturated rings. The molecule has 0 aliphatic rings. The molecule has 0 spiro atoms. The van der Waals surface area contributed by atoms with E-state index in [1.807, 2.05) is 20.8 Å². The summed E-state index contributed by atoms with van der Waals surface area (Å²) in [6, 6.07) is 6.90. The maximum Gasteiger partial charge on any atom is 0.317 e. The lowest BCUT2D eigenvalue weighted by molar-refractivity contribution is -0.140. The SMILES string of the molecule is CC(C)(C)N(CC(=O)O)CC(=O)Nc1ccccc1Cl. The molecule has 0 aliphatic carbocycles. The summed E-state index contributed by atoms with van der Waals surface area (Å²) in [5.74, 6) is -1.26. The molecule has 0 unspecified atom stereocenters. The molecule has 6 heteroatoms.